The van der Waals surface area contributed by atoms with Gasteiger partial charge in [-0.05, 0) is 61.2 Å². The minimum absolute atomic E-state index is 0.219. The van der Waals surface area contributed by atoms with Crippen LogP contribution in [-0.4, -0.2) is 46.6 Å². The average Bonchev–Trinajstić information content (AvgIpc) is 2.66. The first-order valence-corrected chi connectivity index (χ1v) is 11.8. The molecule has 0 radical (unpaired) electrons. The molecule has 6 heteroatoms. The van der Waals surface area contributed by atoms with Crippen molar-refractivity contribution in [3.8, 4) is 0 Å². The van der Waals surface area contributed by atoms with E-state index < -0.39 is 24.1 Å². The van der Waals surface area contributed by atoms with E-state index >= 15 is 0 Å². The molecule has 0 heterocycles. The van der Waals surface area contributed by atoms with E-state index in [2.05, 4.69) is 41.5 Å². The number of hydrogen-bond donors (Lipinski definition) is 2. The first kappa shape index (κ1) is 25.1. The van der Waals surface area contributed by atoms with Crippen molar-refractivity contribution in [1.82, 2.24) is 0 Å². The molecule has 2 aliphatic carbocycles. The average molecular weight is 427 g/mol. The summed E-state index contributed by atoms with van der Waals surface area (Å²) in [6.45, 7) is 12.6. The fourth-order valence-electron chi connectivity index (χ4n) is 5.20. The molecule has 0 aromatic carbocycles. The Morgan fingerprint density at radius 3 is 1.33 bits per heavy atom. The van der Waals surface area contributed by atoms with Gasteiger partial charge in [0.05, 0.1) is 0 Å². The first-order chi connectivity index (χ1) is 14.0. The lowest BCUT2D eigenvalue weighted by Gasteiger charge is -2.38. The first-order valence-electron chi connectivity index (χ1n) is 11.8. The summed E-state index contributed by atoms with van der Waals surface area (Å²) in [4.78, 5) is 25.0. The van der Waals surface area contributed by atoms with E-state index in [1.807, 2.05) is 0 Å². The summed E-state index contributed by atoms with van der Waals surface area (Å²) >= 11 is 0. The monoisotopic (exact) mass is 426 g/mol. The molecule has 0 aliphatic heterocycles. The maximum atomic E-state index is 12.5. The molecular weight excluding hydrogens is 384 g/mol. The Bertz CT molecular complexity index is 524. The van der Waals surface area contributed by atoms with E-state index in [1.54, 1.807) is 0 Å². The van der Waals surface area contributed by atoms with Crippen molar-refractivity contribution in [2.45, 2.75) is 104 Å². The van der Waals surface area contributed by atoms with Crippen molar-refractivity contribution in [2.75, 3.05) is 0 Å². The van der Waals surface area contributed by atoms with Crippen LogP contribution < -0.4 is 0 Å². The number of carbonyl (C=O) groups is 2. The van der Waals surface area contributed by atoms with E-state index in [9.17, 15) is 19.8 Å². The molecule has 0 amide bonds. The summed E-state index contributed by atoms with van der Waals surface area (Å²) in [7, 11) is 0. The highest BCUT2D eigenvalue weighted by molar-refractivity contribution is 5.85. The van der Waals surface area contributed by atoms with Gasteiger partial charge < -0.3 is 19.7 Å². The van der Waals surface area contributed by atoms with Crippen molar-refractivity contribution < 1.29 is 29.3 Å². The highest BCUT2D eigenvalue weighted by Crippen LogP contribution is 2.37. The minimum atomic E-state index is -1.93. The van der Waals surface area contributed by atoms with Crippen molar-refractivity contribution in [2.24, 2.45) is 35.5 Å². The van der Waals surface area contributed by atoms with E-state index in [0.29, 0.717) is 23.7 Å². The van der Waals surface area contributed by atoms with Gasteiger partial charge in [0.15, 0.2) is 12.2 Å². The predicted octanol–water partition coefficient (Wildman–Crippen LogP) is 3.72. The van der Waals surface area contributed by atoms with Gasteiger partial charge in [-0.25, -0.2) is 9.59 Å². The lowest BCUT2D eigenvalue weighted by Crippen LogP contribution is -2.47. The van der Waals surface area contributed by atoms with Crippen molar-refractivity contribution in [3.05, 3.63) is 0 Å². The number of rotatable bonds is 7. The molecule has 8 atom stereocenters. The third kappa shape index (κ3) is 6.43. The second-order valence-electron chi connectivity index (χ2n) is 10.5. The Morgan fingerprint density at radius 1 is 0.700 bits per heavy atom. The van der Waals surface area contributed by atoms with Crippen molar-refractivity contribution >= 4 is 11.9 Å². The van der Waals surface area contributed by atoms with Crippen LogP contribution in [-0.2, 0) is 19.1 Å². The molecule has 2 fully saturated rings. The van der Waals surface area contributed by atoms with Gasteiger partial charge in [-0.2, -0.15) is 0 Å². The largest absolute Gasteiger partial charge is 0.460 e. The van der Waals surface area contributed by atoms with E-state index in [0.717, 1.165) is 38.5 Å². The molecule has 30 heavy (non-hydrogen) atoms. The Kier molecular flexibility index (Phi) is 9.16. The number of aliphatic hydroxyl groups is 2. The zero-order valence-corrected chi connectivity index (χ0v) is 19.5. The molecule has 0 saturated heterocycles. The zero-order chi connectivity index (χ0) is 22.6. The van der Waals surface area contributed by atoms with Crippen LogP contribution in [0, 0.1) is 35.5 Å². The SMILES string of the molecule is CC(C)[C@@H]1CC[C@@H](C)C[C@@H]1OC(=O)[C@@H](O)[C@@H](O)C(=O)O[C@@H]1C[C@H](C)CC[C@H]1C(C)C. The van der Waals surface area contributed by atoms with Gasteiger partial charge in [-0.15, -0.1) is 0 Å². The summed E-state index contributed by atoms with van der Waals surface area (Å²) < 4.78 is 11.2. The van der Waals surface area contributed by atoms with Crippen LogP contribution in [0.5, 0.6) is 0 Å². The number of ether oxygens (including phenoxy) is 2. The summed E-state index contributed by atoms with van der Waals surface area (Å²) in [5, 5.41) is 20.6. The van der Waals surface area contributed by atoms with Gasteiger partial charge in [-0.1, -0.05) is 54.4 Å². The second kappa shape index (κ2) is 10.9. The standard InChI is InChI=1S/C24H42O6/c1-13(2)17-9-7-15(5)11-19(17)29-23(27)21(25)22(26)24(28)30-20-12-16(6)8-10-18(20)14(3)4/h13-22,25-26H,7-12H2,1-6H3/t15-,16-,17+,18+,19-,20+,21-,22+/m1/s1. The normalized spacial score (nSPS) is 34.5. The quantitative estimate of drug-likeness (QED) is 0.603. The van der Waals surface area contributed by atoms with Crippen LogP contribution in [0.3, 0.4) is 0 Å². The molecule has 2 rings (SSSR count). The van der Waals surface area contributed by atoms with Gasteiger partial charge in [0.2, 0.25) is 0 Å². The summed E-state index contributed by atoms with van der Waals surface area (Å²) in [6, 6.07) is 0. The maximum absolute atomic E-state index is 12.5. The molecule has 2 N–H and O–H groups in total. The van der Waals surface area contributed by atoms with Crippen LogP contribution in [0.25, 0.3) is 0 Å². The van der Waals surface area contributed by atoms with E-state index in [-0.39, 0.29) is 24.0 Å². The van der Waals surface area contributed by atoms with Crippen LogP contribution in [0.1, 0.15) is 80.1 Å². The van der Waals surface area contributed by atoms with Crippen LogP contribution in [0.4, 0.5) is 0 Å². The molecule has 174 valence electrons. The molecule has 0 unspecified atom stereocenters. The Morgan fingerprint density at radius 2 is 1.03 bits per heavy atom. The summed E-state index contributed by atoms with van der Waals surface area (Å²) in [6.07, 6.45) is 1.11. The second-order valence-corrected chi connectivity index (χ2v) is 10.5. The number of aliphatic hydroxyl groups excluding tert-OH is 2. The molecule has 0 bridgehead atoms. The number of esters is 2. The number of carbonyl (C=O) groups excluding carboxylic acids is 2. The Balaban J connectivity index is 1.96. The predicted molar refractivity (Wildman–Crippen MR) is 114 cm³/mol. The Hall–Kier alpha value is -1.14. The molecule has 2 aliphatic rings. The summed E-state index contributed by atoms with van der Waals surface area (Å²) in [5.41, 5.74) is 0. The van der Waals surface area contributed by atoms with Crippen molar-refractivity contribution in [3.63, 3.8) is 0 Å². The molecule has 0 aromatic heterocycles. The Labute approximate surface area is 181 Å². The fraction of sp³-hybridized carbons (Fsp3) is 0.917. The van der Waals surface area contributed by atoms with Gasteiger partial charge >= 0.3 is 11.9 Å². The van der Waals surface area contributed by atoms with E-state index in [4.69, 9.17) is 9.47 Å². The van der Waals surface area contributed by atoms with Gasteiger partial charge in [0.1, 0.15) is 12.2 Å². The van der Waals surface area contributed by atoms with E-state index in [1.165, 1.54) is 0 Å². The highest BCUT2D eigenvalue weighted by atomic mass is 16.6. The smallest absolute Gasteiger partial charge is 0.338 e. The van der Waals surface area contributed by atoms with Gasteiger partial charge in [-0.3, -0.25) is 0 Å². The molecule has 0 aromatic rings. The molecule has 6 nitrogen and oxygen atoms in total. The molecule has 0 spiro atoms. The van der Waals surface area contributed by atoms with Crippen LogP contribution in [0.2, 0.25) is 0 Å². The van der Waals surface area contributed by atoms with Gasteiger partial charge in [0.25, 0.3) is 0 Å². The molecule has 2 saturated carbocycles. The lowest BCUT2D eigenvalue weighted by atomic mass is 9.75. The van der Waals surface area contributed by atoms with Crippen molar-refractivity contribution in [1.29, 1.82) is 0 Å². The fourth-order valence-corrected chi connectivity index (χ4v) is 5.20. The van der Waals surface area contributed by atoms with Crippen LogP contribution >= 0.6 is 0 Å². The number of hydrogen-bond acceptors (Lipinski definition) is 6. The maximum Gasteiger partial charge on any atom is 0.338 e. The third-order valence-corrected chi connectivity index (χ3v) is 7.24. The van der Waals surface area contributed by atoms with Gasteiger partial charge in [0, 0.05) is 0 Å². The lowest BCUT2D eigenvalue weighted by molar-refractivity contribution is -0.185. The topological polar surface area (TPSA) is 93.1 Å². The minimum Gasteiger partial charge on any atom is -0.460 e. The highest BCUT2D eigenvalue weighted by Gasteiger charge is 2.40. The van der Waals surface area contributed by atoms with Crippen LogP contribution in [0.15, 0.2) is 0 Å². The summed E-state index contributed by atoms with van der Waals surface area (Å²) in [5.74, 6) is 0.126. The zero-order valence-electron chi connectivity index (χ0n) is 19.5. The third-order valence-electron chi connectivity index (χ3n) is 7.24. The molecular formula is C24H42O6.